The Kier molecular flexibility index (Phi) is 6.81. The molecule has 1 aromatic carbocycles. The highest BCUT2D eigenvalue weighted by molar-refractivity contribution is 9.10. The molecule has 1 N–H and O–H groups in total. The first kappa shape index (κ1) is 22.2. The monoisotopic (exact) mass is 480 g/mol. The highest BCUT2D eigenvalue weighted by atomic mass is 79.9. The zero-order valence-electron chi connectivity index (χ0n) is 16.8. The molecule has 1 aromatic heterocycles. The number of carbonyl (C=O) groups excluding carboxylic acids is 1. The van der Waals surface area contributed by atoms with E-state index in [9.17, 15) is 14.3 Å². The molecule has 0 fully saturated rings. The average molecular weight is 481 g/mol. The first-order valence-electron chi connectivity index (χ1n) is 9.37. The van der Waals surface area contributed by atoms with Crippen molar-refractivity contribution in [2.24, 2.45) is 5.92 Å². The van der Waals surface area contributed by atoms with E-state index in [1.807, 2.05) is 19.9 Å². The number of rotatable bonds is 5. The second kappa shape index (κ2) is 9.52. The van der Waals surface area contributed by atoms with E-state index in [0.717, 1.165) is 6.07 Å². The molecule has 156 valence electrons. The van der Waals surface area contributed by atoms with Gasteiger partial charge in [-0.1, -0.05) is 19.6 Å². The van der Waals surface area contributed by atoms with Crippen LogP contribution in [0.2, 0.25) is 0 Å². The fourth-order valence-electron chi connectivity index (χ4n) is 2.83. The predicted molar refractivity (Wildman–Crippen MR) is 118 cm³/mol. The third-order valence-corrected chi connectivity index (χ3v) is 4.86. The molecule has 0 bridgehead atoms. The summed E-state index contributed by atoms with van der Waals surface area (Å²) in [4.78, 5) is 22.9. The number of halogens is 2. The molecule has 0 saturated carbocycles. The van der Waals surface area contributed by atoms with Crippen molar-refractivity contribution in [1.82, 2.24) is 14.9 Å². The number of hydrogen-bond acceptors (Lipinski definition) is 5. The minimum absolute atomic E-state index is 0.194. The first-order valence-corrected chi connectivity index (χ1v) is 10.2. The van der Waals surface area contributed by atoms with Gasteiger partial charge in [0, 0.05) is 24.5 Å². The Bertz CT molecular complexity index is 1160. The Morgan fingerprint density at radius 1 is 1.32 bits per heavy atom. The molecule has 0 unspecified atom stereocenters. The minimum atomic E-state index is -0.783. The van der Waals surface area contributed by atoms with Gasteiger partial charge in [0.2, 0.25) is 0 Å². The number of aromatic nitrogens is 2. The normalized spacial score (nSPS) is 15.1. The lowest BCUT2D eigenvalue weighted by atomic mass is 10.0. The quantitative estimate of drug-likeness (QED) is 0.499. The fraction of sp³-hybridized carbons (Fsp3) is 0.174. The largest absolute Gasteiger partial charge is 0.504 e. The number of carbonyl (C=O) groups is 1. The lowest BCUT2D eigenvalue weighted by Crippen LogP contribution is -2.35. The van der Waals surface area contributed by atoms with E-state index in [2.05, 4.69) is 31.6 Å². The van der Waals surface area contributed by atoms with Gasteiger partial charge in [0.15, 0.2) is 17.4 Å². The third kappa shape index (κ3) is 5.34. The van der Waals surface area contributed by atoms with Crippen LogP contribution in [0.15, 0.2) is 58.2 Å². The van der Waals surface area contributed by atoms with Crippen LogP contribution in [0.5, 0.6) is 5.75 Å². The standard InChI is InChI=1S/C23H18BrFN4O2/c1-14(2)13-29-18(5-6-21-27-11-16(10-26)12-28-21)4-3-17(23(29)31)7-15-8-19(24)22(30)20(25)9-15/h3,5-9,11-12,14,30H,13H2,1-2H3/b6-5+,17-7+. The van der Waals surface area contributed by atoms with Crippen molar-refractivity contribution < 1.29 is 14.3 Å². The molecule has 2 heterocycles. The Hall–Kier alpha value is -3.53. The van der Waals surface area contributed by atoms with Crippen LogP contribution in [0, 0.1) is 23.1 Å². The van der Waals surface area contributed by atoms with Gasteiger partial charge in [0.25, 0.3) is 5.91 Å². The van der Waals surface area contributed by atoms with Gasteiger partial charge in [-0.15, -0.1) is 0 Å². The first-order chi connectivity index (χ1) is 14.8. The SMILES string of the molecule is CC(C)CN1C(=O)/C(=C/c2cc(F)c(O)c(Br)c2)C=C=C1/C=C/c1ncc(C#N)cn1. The van der Waals surface area contributed by atoms with Crippen LogP contribution < -0.4 is 0 Å². The maximum atomic E-state index is 13.8. The molecule has 0 radical (unpaired) electrons. The van der Waals surface area contributed by atoms with Crippen molar-refractivity contribution in [3.05, 3.63) is 80.9 Å². The predicted octanol–water partition coefficient (Wildman–Crippen LogP) is 4.59. The number of hydrogen-bond donors (Lipinski definition) is 1. The number of phenols is 1. The van der Waals surface area contributed by atoms with Crippen LogP contribution in [-0.2, 0) is 4.79 Å². The minimum Gasteiger partial charge on any atom is -0.504 e. The van der Waals surface area contributed by atoms with Crippen molar-refractivity contribution >= 4 is 34.0 Å². The Morgan fingerprint density at radius 2 is 2.03 bits per heavy atom. The van der Waals surface area contributed by atoms with Crippen molar-refractivity contribution in [3.8, 4) is 11.8 Å². The van der Waals surface area contributed by atoms with Gasteiger partial charge in [-0.25, -0.2) is 14.4 Å². The molecule has 0 saturated heterocycles. The van der Waals surface area contributed by atoms with Crippen LogP contribution in [0.3, 0.4) is 0 Å². The Morgan fingerprint density at radius 3 is 2.65 bits per heavy atom. The molecule has 31 heavy (non-hydrogen) atoms. The van der Waals surface area contributed by atoms with E-state index >= 15 is 0 Å². The van der Waals surface area contributed by atoms with Gasteiger partial charge in [-0.2, -0.15) is 5.26 Å². The van der Waals surface area contributed by atoms with Gasteiger partial charge < -0.3 is 10.0 Å². The zero-order valence-corrected chi connectivity index (χ0v) is 18.4. The zero-order chi connectivity index (χ0) is 22.5. The number of phenolic OH excluding ortho intramolecular Hbond substituents is 1. The topological polar surface area (TPSA) is 90.1 Å². The summed E-state index contributed by atoms with van der Waals surface area (Å²) in [5.41, 5.74) is 4.76. The molecule has 2 aromatic rings. The number of amides is 1. The van der Waals surface area contributed by atoms with Crippen LogP contribution in [0.4, 0.5) is 4.39 Å². The highest BCUT2D eigenvalue weighted by Crippen LogP contribution is 2.30. The molecular formula is C23H18BrFN4O2. The summed E-state index contributed by atoms with van der Waals surface area (Å²) in [6.07, 6.45) is 9.25. The Balaban J connectivity index is 1.97. The van der Waals surface area contributed by atoms with Crippen LogP contribution >= 0.6 is 15.9 Å². The van der Waals surface area contributed by atoms with Crippen LogP contribution in [-0.4, -0.2) is 32.4 Å². The number of nitriles is 1. The van der Waals surface area contributed by atoms with E-state index in [1.165, 1.54) is 24.5 Å². The smallest absolute Gasteiger partial charge is 0.259 e. The van der Waals surface area contributed by atoms with Gasteiger partial charge in [-0.05, 0) is 63.8 Å². The molecule has 1 aliphatic heterocycles. The van der Waals surface area contributed by atoms with E-state index in [-0.39, 0.29) is 16.3 Å². The van der Waals surface area contributed by atoms with Gasteiger partial charge >= 0.3 is 0 Å². The van der Waals surface area contributed by atoms with Crippen LogP contribution in [0.25, 0.3) is 12.2 Å². The molecule has 6 nitrogen and oxygen atoms in total. The second-order valence-corrected chi connectivity index (χ2v) is 8.05. The Labute approximate surface area is 187 Å². The lowest BCUT2D eigenvalue weighted by Gasteiger charge is -2.27. The number of aromatic hydroxyl groups is 1. The molecule has 1 aliphatic rings. The van der Waals surface area contributed by atoms with Crippen molar-refractivity contribution in [2.75, 3.05) is 6.54 Å². The number of nitrogens with zero attached hydrogens (tertiary/aromatic N) is 4. The average Bonchev–Trinajstić information content (AvgIpc) is 2.74. The molecule has 0 spiro atoms. The summed E-state index contributed by atoms with van der Waals surface area (Å²) in [5, 5.41) is 18.4. The van der Waals surface area contributed by atoms with E-state index in [4.69, 9.17) is 5.26 Å². The molecule has 8 heteroatoms. The van der Waals surface area contributed by atoms with Gasteiger partial charge in [0.05, 0.1) is 15.7 Å². The van der Waals surface area contributed by atoms with Crippen molar-refractivity contribution in [3.63, 3.8) is 0 Å². The van der Waals surface area contributed by atoms with Gasteiger partial charge in [0.1, 0.15) is 6.07 Å². The molecule has 3 rings (SSSR count). The summed E-state index contributed by atoms with van der Waals surface area (Å²) in [6, 6.07) is 4.64. The second-order valence-electron chi connectivity index (χ2n) is 7.19. The highest BCUT2D eigenvalue weighted by Gasteiger charge is 2.23. The summed E-state index contributed by atoms with van der Waals surface area (Å²) in [5.74, 6) is -0.922. The third-order valence-electron chi connectivity index (χ3n) is 4.26. The molecule has 0 aliphatic carbocycles. The maximum Gasteiger partial charge on any atom is 0.259 e. The maximum absolute atomic E-state index is 13.8. The van der Waals surface area contributed by atoms with Crippen molar-refractivity contribution in [1.29, 1.82) is 5.26 Å². The summed E-state index contributed by atoms with van der Waals surface area (Å²) >= 11 is 3.10. The fourth-order valence-corrected chi connectivity index (χ4v) is 3.28. The summed E-state index contributed by atoms with van der Waals surface area (Å²) in [7, 11) is 0. The number of benzene rings is 1. The van der Waals surface area contributed by atoms with Crippen molar-refractivity contribution in [2.45, 2.75) is 13.8 Å². The van der Waals surface area contributed by atoms with E-state index in [0.29, 0.717) is 34.8 Å². The van der Waals surface area contributed by atoms with Crippen LogP contribution in [0.1, 0.15) is 30.8 Å². The van der Waals surface area contributed by atoms with E-state index in [1.54, 1.807) is 23.1 Å². The molecule has 0 atom stereocenters. The van der Waals surface area contributed by atoms with Gasteiger partial charge in [-0.3, -0.25) is 4.79 Å². The molecule has 1 amide bonds. The molecular weight excluding hydrogens is 463 g/mol. The summed E-state index contributed by atoms with van der Waals surface area (Å²) in [6.45, 7) is 4.44. The summed E-state index contributed by atoms with van der Waals surface area (Å²) < 4.78 is 14.0. The lowest BCUT2D eigenvalue weighted by molar-refractivity contribution is -0.125. The van der Waals surface area contributed by atoms with E-state index < -0.39 is 11.6 Å².